The zero-order valence-electron chi connectivity index (χ0n) is 12.5. The number of rotatable bonds is 6. The first-order valence-corrected chi connectivity index (χ1v) is 8.67. The molecule has 1 aromatic heterocycles. The third kappa shape index (κ3) is 4.59. The van der Waals surface area contributed by atoms with E-state index in [0.29, 0.717) is 0 Å². The lowest BCUT2D eigenvalue weighted by Gasteiger charge is -2.28. The fourth-order valence-electron chi connectivity index (χ4n) is 2.96. The first-order chi connectivity index (χ1) is 9.33. The van der Waals surface area contributed by atoms with Crippen LogP contribution in [-0.2, 0) is 13.1 Å². The van der Waals surface area contributed by atoms with E-state index in [2.05, 4.69) is 36.2 Å². The third-order valence-corrected chi connectivity index (χ3v) is 5.17. The molecule has 0 spiro atoms. The highest BCUT2D eigenvalue weighted by molar-refractivity contribution is 7.11. The fourth-order valence-corrected chi connectivity index (χ4v) is 3.97. The first kappa shape index (κ1) is 15.0. The van der Waals surface area contributed by atoms with E-state index in [1.54, 1.807) is 0 Å². The average molecular weight is 280 g/mol. The SMILES string of the molecule is CCNCc1ccc(CN2CCCCCC2CC)s1. The van der Waals surface area contributed by atoms with Crippen LogP contribution in [0.4, 0.5) is 0 Å². The maximum Gasteiger partial charge on any atom is 0.0330 e. The Morgan fingerprint density at radius 3 is 2.84 bits per heavy atom. The van der Waals surface area contributed by atoms with E-state index in [4.69, 9.17) is 0 Å². The summed E-state index contributed by atoms with van der Waals surface area (Å²) in [4.78, 5) is 5.73. The first-order valence-electron chi connectivity index (χ1n) is 7.85. The van der Waals surface area contributed by atoms with Gasteiger partial charge in [-0.1, -0.05) is 26.7 Å². The standard InChI is InChI=1S/C16H28N2S/c1-3-14-8-6-5-7-11-18(14)13-16-10-9-15(19-16)12-17-4-2/h9-10,14,17H,3-8,11-13H2,1-2H3. The highest BCUT2D eigenvalue weighted by Gasteiger charge is 2.19. The predicted molar refractivity (Wildman–Crippen MR) is 84.7 cm³/mol. The van der Waals surface area contributed by atoms with Gasteiger partial charge in [-0.2, -0.15) is 0 Å². The number of likely N-dealkylation sites (tertiary alicyclic amines) is 1. The van der Waals surface area contributed by atoms with Crippen LogP contribution in [-0.4, -0.2) is 24.0 Å². The van der Waals surface area contributed by atoms with Gasteiger partial charge < -0.3 is 5.32 Å². The van der Waals surface area contributed by atoms with E-state index in [0.717, 1.165) is 25.7 Å². The van der Waals surface area contributed by atoms with Crippen molar-refractivity contribution in [1.29, 1.82) is 0 Å². The van der Waals surface area contributed by atoms with Gasteiger partial charge in [-0.25, -0.2) is 0 Å². The van der Waals surface area contributed by atoms with Crippen molar-refractivity contribution >= 4 is 11.3 Å². The molecule has 1 aliphatic heterocycles. The van der Waals surface area contributed by atoms with Gasteiger partial charge in [0.05, 0.1) is 0 Å². The minimum atomic E-state index is 0.807. The van der Waals surface area contributed by atoms with Crippen LogP contribution in [0.5, 0.6) is 0 Å². The Hall–Kier alpha value is -0.380. The number of nitrogens with one attached hydrogen (secondary N) is 1. The molecule has 2 rings (SSSR count). The van der Waals surface area contributed by atoms with Crippen LogP contribution >= 0.6 is 11.3 Å². The van der Waals surface area contributed by atoms with Gasteiger partial charge in [-0.3, -0.25) is 4.90 Å². The molecule has 0 aromatic carbocycles. The van der Waals surface area contributed by atoms with Gasteiger partial charge in [-0.15, -0.1) is 11.3 Å². The van der Waals surface area contributed by atoms with E-state index in [-0.39, 0.29) is 0 Å². The third-order valence-electron chi connectivity index (χ3n) is 4.10. The normalized spacial score (nSPS) is 21.5. The number of hydrogen-bond donors (Lipinski definition) is 1. The minimum Gasteiger partial charge on any atom is -0.312 e. The van der Waals surface area contributed by atoms with E-state index in [1.165, 1.54) is 48.4 Å². The average Bonchev–Trinajstić information content (AvgIpc) is 2.74. The largest absolute Gasteiger partial charge is 0.312 e. The molecule has 0 aliphatic carbocycles. The fraction of sp³-hybridized carbons (Fsp3) is 0.750. The van der Waals surface area contributed by atoms with Crippen molar-refractivity contribution in [2.24, 2.45) is 0 Å². The zero-order valence-corrected chi connectivity index (χ0v) is 13.3. The maximum absolute atomic E-state index is 3.41. The number of hydrogen-bond acceptors (Lipinski definition) is 3. The van der Waals surface area contributed by atoms with Crippen LogP contribution in [0.1, 0.15) is 55.7 Å². The van der Waals surface area contributed by atoms with E-state index < -0.39 is 0 Å². The monoisotopic (exact) mass is 280 g/mol. The van der Waals surface area contributed by atoms with Gasteiger partial charge in [-0.05, 0) is 44.5 Å². The molecule has 1 atom stereocenters. The van der Waals surface area contributed by atoms with Crippen molar-refractivity contribution in [2.45, 2.75) is 65.1 Å². The van der Waals surface area contributed by atoms with E-state index in [9.17, 15) is 0 Å². The minimum absolute atomic E-state index is 0.807. The summed E-state index contributed by atoms with van der Waals surface area (Å²) in [5.74, 6) is 0. The van der Waals surface area contributed by atoms with Crippen molar-refractivity contribution in [3.63, 3.8) is 0 Å². The summed E-state index contributed by atoms with van der Waals surface area (Å²) in [5.41, 5.74) is 0. The smallest absolute Gasteiger partial charge is 0.0330 e. The summed E-state index contributed by atoms with van der Waals surface area (Å²) in [5, 5.41) is 3.41. The van der Waals surface area contributed by atoms with Crippen LogP contribution < -0.4 is 5.32 Å². The van der Waals surface area contributed by atoms with Crippen LogP contribution in [0.25, 0.3) is 0 Å². The van der Waals surface area contributed by atoms with E-state index >= 15 is 0 Å². The zero-order chi connectivity index (χ0) is 13.5. The Labute approximate surface area is 122 Å². The predicted octanol–water partition coefficient (Wildman–Crippen LogP) is 4.01. The highest BCUT2D eigenvalue weighted by Crippen LogP contribution is 2.24. The molecule has 3 heteroatoms. The summed E-state index contributed by atoms with van der Waals surface area (Å²) < 4.78 is 0. The quantitative estimate of drug-likeness (QED) is 0.847. The van der Waals surface area contributed by atoms with Gasteiger partial charge in [0.15, 0.2) is 0 Å². The summed E-state index contributed by atoms with van der Waals surface area (Å²) in [6.07, 6.45) is 6.92. The second kappa shape index (κ2) is 8.03. The van der Waals surface area contributed by atoms with Crippen molar-refractivity contribution in [2.75, 3.05) is 13.1 Å². The molecule has 2 nitrogen and oxygen atoms in total. The summed E-state index contributed by atoms with van der Waals surface area (Å²) in [6, 6.07) is 5.43. The Bertz CT molecular complexity index is 361. The molecule has 0 amide bonds. The van der Waals surface area contributed by atoms with Crippen LogP contribution in [0.15, 0.2) is 12.1 Å². The maximum atomic E-state index is 3.41. The molecule has 1 aliphatic rings. The summed E-state index contributed by atoms with van der Waals surface area (Å²) >= 11 is 1.98. The van der Waals surface area contributed by atoms with Crippen LogP contribution in [0.2, 0.25) is 0 Å². The molecule has 1 N–H and O–H groups in total. The Morgan fingerprint density at radius 1 is 1.21 bits per heavy atom. The lowest BCUT2D eigenvalue weighted by atomic mass is 10.1. The van der Waals surface area contributed by atoms with Crippen molar-refractivity contribution in [3.05, 3.63) is 21.9 Å². The molecule has 19 heavy (non-hydrogen) atoms. The highest BCUT2D eigenvalue weighted by atomic mass is 32.1. The van der Waals surface area contributed by atoms with Crippen molar-refractivity contribution in [3.8, 4) is 0 Å². The van der Waals surface area contributed by atoms with Crippen LogP contribution in [0.3, 0.4) is 0 Å². The Kier molecular flexibility index (Phi) is 6.35. The molecule has 0 bridgehead atoms. The topological polar surface area (TPSA) is 15.3 Å². The van der Waals surface area contributed by atoms with Gasteiger partial charge in [0.25, 0.3) is 0 Å². The number of nitrogens with zero attached hydrogens (tertiary/aromatic N) is 1. The molecule has 0 radical (unpaired) electrons. The lowest BCUT2D eigenvalue weighted by Crippen LogP contribution is -2.33. The van der Waals surface area contributed by atoms with Gasteiger partial charge in [0, 0.05) is 28.9 Å². The Balaban J connectivity index is 1.92. The Morgan fingerprint density at radius 2 is 2.05 bits per heavy atom. The number of thiophene rings is 1. The van der Waals surface area contributed by atoms with Crippen molar-refractivity contribution in [1.82, 2.24) is 10.2 Å². The second-order valence-corrected chi connectivity index (χ2v) is 6.78. The molecular weight excluding hydrogens is 252 g/mol. The molecule has 1 fully saturated rings. The van der Waals surface area contributed by atoms with Gasteiger partial charge in [0.2, 0.25) is 0 Å². The van der Waals surface area contributed by atoms with Gasteiger partial charge in [0.1, 0.15) is 0 Å². The molecule has 108 valence electrons. The molecule has 0 saturated carbocycles. The lowest BCUT2D eigenvalue weighted by molar-refractivity contribution is 0.188. The molecule has 1 unspecified atom stereocenters. The van der Waals surface area contributed by atoms with E-state index in [1.807, 2.05) is 11.3 Å². The second-order valence-electron chi connectivity index (χ2n) is 5.53. The molecule has 1 saturated heterocycles. The van der Waals surface area contributed by atoms with Crippen LogP contribution in [0, 0.1) is 0 Å². The molecule has 2 heterocycles. The van der Waals surface area contributed by atoms with Crippen molar-refractivity contribution < 1.29 is 0 Å². The molecule has 1 aromatic rings. The molecular formula is C16H28N2S. The van der Waals surface area contributed by atoms with Gasteiger partial charge >= 0.3 is 0 Å². The summed E-state index contributed by atoms with van der Waals surface area (Å²) in [6.45, 7) is 9.04. The summed E-state index contributed by atoms with van der Waals surface area (Å²) in [7, 11) is 0.